The Morgan fingerprint density at radius 3 is 2.68 bits per heavy atom. The van der Waals surface area contributed by atoms with Crippen molar-refractivity contribution >= 4 is 17.5 Å². The summed E-state index contributed by atoms with van der Waals surface area (Å²) in [6.07, 6.45) is 0. The second kappa shape index (κ2) is 7.22. The molecule has 1 N–H and O–H groups in total. The topological polar surface area (TPSA) is 38.3 Å². The van der Waals surface area contributed by atoms with Crippen LogP contribution in [0.15, 0.2) is 42.5 Å². The Kier molecular flexibility index (Phi) is 5.33. The Hall–Kier alpha value is -2.14. The summed E-state index contributed by atoms with van der Waals surface area (Å²) in [5, 5.41) is 2.97. The third kappa shape index (κ3) is 4.18. The average Bonchev–Trinajstić information content (AvgIpc) is 2.46. The van der Waals surface area contributed by atoms with Gasteiger partial charge in [0.2, 0.25) is 0 Å². The van der Waals surface area contributed by atoms with Crippen molar-refractivity contribution in [2.45, 2.75) is 13.0 Å². The zero-order valence-corrected chi connectivity index (χ0v) is 12.5. The molecule has 0 bridgehead atoms. The molecule has 0 radical (unpaired) electrons. The van der Waals surface area contributed by atoms with Gasteiger partial charge in [-0.05, 0) is 25.1 Å². The van der Waals surface area contributed by atoms with Gasteiger partial charge in [0.15, 0.2) is 6.61 Å². The van der Waals surface area contributed by atoms with E-state index in [1.54, 1.807) is 31.2 Å². The van der Waals surface area contributed by atoms with Gasteiger partial charge in [0.05, 0.1) is 11.1 Å². The van der Waals surface area contributed by atoms with E-state index in [1.165, 1.54) is 6.07 Å². The van der Waals surface area contributed by atoms with Crippen molar-refractivity contribution in [3.8, 4) is 5.75 Å². The predicted molar refractivity (Wildman–Crippen MR) is 79.9 cm³/mol. The number of ether oxygens (including phenoxy) is 1. The molecule has 3 nitrogen and oxygen atoms in total. The van der Waals surface area contributed by atoms with Crippen molar-refractivity contribution in [2.24, 2.45) is 0 Å². The van der Waals surface area contributed by atoms with Gasteiger partial charge >= 0.3 is 0 Å². The summed E-state index contributed by atoms with van der Waals surface area (Å²) in [5.41, 5.74) is 0.201. The molecule has 1 atom stereocenters. The van der Waals surface area contributed by atoms with Crippen LogP contribution in [0, 0.1) is 11.6 Å². The van der Waals surface area contributed by atoms with Crippen LogP contribution in [0.2, 0.25) is 5.02 Å². The second-order valence-corrected chi connectivity index (χ2v) is 5.08. The van der Waals surface area contributed by atoms with Gasteiger partial charge in [-0.2, -0.15) is 0 Å². The molecule has 0 fully saturated rings. The van der Waals surface area contributed by atoms with Crippen molar-refractivity contribution in [1.29, 1.82) is 0 Å². The fraction of sp³-hybridized carbons (Fsp3) is 0.188. The van der Waals surface area contributed by atoms with Crippen LogP contribution in [0.5, 0.6) is 5.75 Å². The molecule has 0 aliphatic heterocycles. The molecule has 0 aliphatic rings. The first-order valence-electron chi connectivity index (χ1n) is 6.59. The molecule has 2 aromatic carbocycles. The molecule has 0 aliphatic carbocycles. The van der Waals surface area contributed by atoms with Gasteiger partial charge in [0.25, 0.3) is 5.91 Å². The van der Waals surface area contributed by atoms with E-state index in [1.807, 2.05) is 0 Å². The third-order valence-corrected chi connectivity index (χ3v) is 3.31. The van der Waals surface area contributed by atoms with E-state index in [0.717, 1.165) is 12.1 Å². The Morgan fingerprint density at radius 2 is 2.00 bits per heavy atom. The van der Waals surface area contributed by atoms with Crippen molar-refractivity contribution < 1.29 is 18.3 Å². The molecule has 2 rings (SSSR count). The Labute approximate surface area is 131 Å². The molecular weight excluding hydrogens is 312 g/mol. The Balaban J connectivity index is 1.93. The standard InChI is InChI=1S/C16H14ClF2NO2/c1-10(12-7-6-11(18)8-14(12)19)20-16(21)9-22-15-5-3-2-4-13(15)17/h2-8,10H,9H2,1H3,(H,20,21)/t10-/m1/s1. The minimum atomic E-state index is -0.708. The van der Waals surface area contributed by atoms with Crippen LogP contribution in [0.25, 0.3) is 0 Å². The van der Waals surface area contributed by atoms with Crippen molar-refractivity contribution in [3.63, 3.8) is 0 Å². The monoisotopic (exact) mass is 325 g/mol. The number of carbonyl (C=O) groups excluding carboxylic acids is 1. The first-order valence-corrected chi connectivity index (χ1v) is 6.97. The van der Waals surface area contributed by atoms with Gasteiger partial charge < -0.3 is 10.1 Å². The van der Waals surface area contributed by atoms with E-state index >= 15 is 0 Å². The predicted octanol–water partition coefficient (Wildman–Crippen LogP) is 3.87. The first kappa shape index (κ1) is 16.2. The van der Waals surface area contributed by atoms with Gasteiger partial charge in [0.1, 0.15) is 17.4 Å². The smallest absolute Gasteiger partial charge is 0.258 e. The van der Waals surface area contributed by atoms with Gasteiger partial charge in [-0.1, -0.05) is 29.8 Å². The maximum atomic E-state index is 13.6. The SMILES string of the molecule is C[C@@H](NC(=O)COc1ccccc1Cl)c1ccc(F)cc1F. The van der Waals surface area contributed by atoms with Crippen LogP contribution in [-0.4, -0.2) is 12.5 Å². The highest BCUT2D eigenvalue weighted by molar-refractivity contribution is 6.32. The van der Waals surface area contributed by atoms with E-state index in [4.69, 9.17) is 16.3 Å². The number of nitrogens with one attached hydrogen (secondary N) is 1. The number of hydrogen-bond acceptors (Lipinski definition) is 2. The quantitative estimate of drug-likeness (QED) is 0.906. The van der Waals surface area contributed by atoms with E-state index in [0.29, 0.717) is 10.8 Å². The summed E-state index contributed by atoms with van der Waals surface area (Å²) < 4.78 is 31.8. The molecule has 0 saturated carbocycles. The molecule has 0 spiro atoms. The summed E-state index contributed by atoms with van der Waals surface area (Å²) >= 11 is 5.90. The zero-order chi connectivity index (χ0) is 16.1. The molecule has 2 aromatic rings. The van der Waals surface area contributed by atoms with Crippen LogP contribution in [0.1, 0.15) is 18.5 Å². The first-order chi connectivity index (χ1) is 10.5. The van der Waals surface area contributed by atoms with Gasteiger partial charge in [-0.15, -0.1) is 0 Å². The summed E-state index contributed by atoms with van der Waals surface area (Å²) in [6.45, 7) is 1.35. The zero-order valence-electron chi connectivity index (χ0n) is 11.8. The maximum absolute atomic E-state index is 13.6. The van der Waals surface area contributed by atoms with Gasteiger partial charge in [0, 0.05) is 11.6 Å². The highest BCUT2D eigenvalue weighted by Gasteiger charge is 2.15. The molecular formula is C16H14ClF2NO2. The number of hydrogen-bond donors (Lipinski definition) is 1. The molecule has 0 unspecified atom stereocenters. The molecule has 0 heterocycles. The number of halogens is 3. The lowest BCUT2D eigenvalue weighted by Gasteiger charge is -2.15. The number of amides is 1. The lowest BCUT2D eigenvalue weighted by Crippen LogP contribution is -2.31. The summed E-state index contributed by atoms with van der Waals surface area (Å²) in [5.74, 6) is -1.42. The third-order valence-electron chi connectivity index (χ3n) is 3.00. The minimum Gasteiger partial charge on any atom is -0.482 e. The summed E-state index contributed by atoms with van der Waals surface area (Å²) in [4.78, 5) is 11.8. The second-order valence-electron chi connectivity index (χ2n) is 4.67. The fourth-order valence-corrected chi connectivity index (χ4v) is 2.11. The van der Waals surface area contributed by atoms with E-state index < -0.39 is 23.6 Å². The fourth-order valence-electron chi connectivity index (χ4n) is 1.92. The number of benzene rings is 2. The largest absolute Gasteiger partial charge is 0.482 e. The average molecular weight is 326 g/mol. The van der Waals surface area contributed by atoms with Crippen LogP contribution >= 0.6 is 11.6 Å². The van der Waals surface area contributed by atoms with E-state index in [-0.39, 0.29) is 12.2 Å². The number of carbonyl (C=O) groups is 1. The normalized spacial score (nSPS) is 11.8. The summed E-state index contributed by atoms with van der Waals surface area (Å²) in [6, 6.07) is 9.36. The molecule has 0 saturated heterocycles. The van der Waals surface area contributed by atoms with Crippen molar-refractivity contribution in [3.05, 3.63) is 64.7 Å². The Bertz CT molecular complexity index is 679. The maximum Gasteiger partial charge on any atom is 0.258 e. The van der Waals surface area contributed by atoms with Crippen LogP contribution < -0.4 is 10.1 Å². The lowest BCUT2D eigenvalue weighted by molar-refractivity contribution is -0.123. The summed E-state index contributed by atoms with van der Waals surface area (Å²) in [7, 11) is 0. The Morgan fingerprint density at radius 1 is 1.27 bits per heavy atom. The number of para-hydroxylation sites is 1. The van der Waals surface area contributed by atoms with Gasteiger partial charge in [-0.3, -0.25) is 4.79 Å². The van der Waals surface area contributed by atoms with Crippen LogP contribution in [0.3, 0.4) is 0 Å². The molecule has 6 heteroatoms. The molecule has 116 valence electrons. The molecule has 1 amide bonds. The lowest BCUT2D eigenvalue weighted by atomic mass is 10.1. The van der Waals surface area contributed by atoms with Crippen molar-refractivity contribution in [2.75, 3.05) is 6.61 Å². The highest BCUT2D eigenvalue weighted by Crippen LogP contribution is 2.23. The van der Waals surface area contributed by atoms with E-state index in [2.05, 4.69) is 5.32 Å². The van der Waals surface area contributed by atoms with E-state index in [9.17, 15) is 13.6 Å². The minimum absolute atomic E-state index is 0.201. The highest BCUT2D eigenvalue weighted by atomic mass is 35.5. The van der Waals surface area contributed by atoms with Crippen LogP contribution in [-0.2, 0) is 4.79 Å². The van der Waals surface area contributed by atoms with Crippen LogP contribution in [0.4, 0.5) is 8.78 Å². The molecule has 22 heavy (non-hydrogen) atoms. The van der Waals surface area contributed by atoms with Gasteiger partial charge in [-0.25, -0.2) is 8.78 Å². The molecule has 0 aromatic heterocycles. The number of rotatable bonds is 5. The van der Waals surface area contributed by atoms with Crippen molar-refractivity contribution in [1.82, 2.24) is 5.32 Å².